The minimum absolute atomic E-state index is 0.0743. The summed E-state index contributed by atoms with van der Waals surface area (Å²) >= 11 is 0. The number of hydrogen-bond donors (Lipinski definition) is 1. The fourth-order valence-electron chi connectivity index (χ4n) is 2.94. The van der Waals surface area contributed by atoms with Gasteiger partial charge in [-0.1, -0.05) is 0 Å². The Morgan fingerprint density at radius 1 is 1.08 bits per heavy atom. The van der Waals surface area contributed by atoms with Crippen LogP contribution < -0.4 is 4.74 Å². The lowest BCUT2D eigenvalue weighted by Gasteiger charge is -2.22. The molecule has 1 fully saturated rings. The molecule has 0 atom stereocenters. The van der Waals surface area contributed by atoms with E-state index in [-0.39, 0.29) is 23.1 Å². The maximum absolute atomic E-state index is 13.8. The molecule has 0 radical (unpaired) electrons. The smallest absolute Gasteiger partial charge is 0.270 e. The lowest BCUT2D eigenvalue weighted by molar-refractivity contribution is 0.0716. The second kappa shape index (κ2) is 7.38. The molecule has 132 valence electrons. The monoisotopic (exact) mass is 345 g/mol. The first kappa shape index (κ1) is 17.0. The number of nitrogens with one attached hydrogen (secondary N) is 1. The summed E-state index contributed by atoms with van der Waals surface area (Å²) in [5.74, 6) is -0.771. The summed E-state index contributed by atoms with van der Waals surface area (Å²) in [7, 11) is 1.38. The summed E-state index contributed by atoms with van der Waals surface area (Å²) in [5.41, 5.74) is 0.819. The van der Waals surface area contributed by atoms with E-state index in [0.29, 0.717) is 38.3 Å². The van der Waals surface area contributed by atoms with Crippen molar-refractivity contribution in [1.82, 2.24) is 14.8 Å². The van der Waals surface area contributed by atoms with E-state index < -0.39 is 5.82 Å². The Morgan fingerprint density at radius 3 is 2.40 bits per heavy atom. The zero-order valence-electron chi connectivity index (χ0n) is 14.0. The zero-order valence-corrected chi connectivity index (χ0v) is 14.0. The Morgan fingerprint density at radius 2 is 1.80 bits per heavy atom. The molecule has 2 aromatic rings. The van der Waals surface area contributed by atoms with E-state index >= 15 is 0 Å². The highest BCUT2D eigenvalue weighted by molar-refractivity contribution is 5.95. The highest BCUT2D eigenvalue weighted by atomic mass is 19.1. The first-order valence-electron chi connectivity index (χ1n) is 8.15. The highest BCUT2D eigenvalue weighted by Crippen LogP contribution is 2.19. The van der Waals surface area contributed by atoms with Crippen molar-refractivity contribution in [2.75, 3.05) is 33.3 Å². The molecule has 7 heteroatoms. The molecule has 2 heterocycles. The van der Waals surface area contributed by atoms with Crippen LogP contribution in [0.25, 0.3) is 0 Å². The lowest BCUT2D eigenvalue weighted by Crippen LogP contribution is -2.37. The third-order valence-electron chi connectivity index (χ3n) is 4.30. The summed E-state index contributed by atoms with van der Waals surface area (Å²) < 4.78 is 18.7. The molecule has 0 bridgehead atoms. The molecule has 1 saturated heterocycles. The first-order valence-corrected chi connectivity index (χ1v) is 8.15. The average molecular weight is 345 g/mol. The average Bonchev–Trinajstić information content (AvgIpc) is 3.05. The molecule has 25 heavy (non-hydrogen) atoms. The van der Waals surface area contributed by atoms with Gasteiger partial charge in [0.2, 0.25) is 0 Å². The molecule has 3 rings (SSSR count). The van der Waals surface area contributed by atoms with Crippen molar-refractivity contribution in [3.63, 3.8) is 0 Å². The van der Waals surface area contributed by atoms with Crippen molar-refractivity contribution < 1.29 is 18.7 Å². The van der Waals surface area contributed by atoms with E-state index in [9.17, 15) is 14.0 Å². The largest absolute Gasteiger partial charge is 0.494 e. The van der Waals surface area contributed by atoms with E-state index in [2.05, 4.69) is 4.98 Å². The maximum Gasteiger partial charge on any atom is 0.270 e. The summed E-state index contributed by atoms with van der Waals surface area (Å²) in [4.78, 5) is 31.3. The number of aromatic amines is 1. The molecule has 1 aromatic heterocycles. The number of carbonyl (C=O) groups is 2. The number of halogens is 1. The number of aromatic nitrogens is 1. The fourth-order valence-corrected chi connectivity index (χ4v) is 2.94. The van der Waals surface area contributed by atoms with Gasteiger partial charge in [0, 0.05) is 37.9 Å². The van der Waals surface area contributed by atoms with Crippen LogP contribution >= 0.6 is 0 Å². The van der Waals surface area contributed by atoms with E-state index in [1.165, 1.54) is 19.2 Å². The lowest BCUT2D eigenvalue weighted by atomic mass is 10.1. The van der Waals surface area contributed by atoms with Crippen LogP contribution in [0.1, 0.15) is 27.3 Å². The number of benzene rings is 1. The van der Waals surface area contributed by atoms with Gasteiger partial charge in [-0.15, -0.1) is 0 Å². The minimum Gasteiger partial charge on any atom is -0.494 e. The molecule has 0 unspecified atom stereocenters. The number of ether oxygens (including phenoxy) is 1. The SMILES string of the molecule is COc1ccc(C(=O)N2CCCN(C(=O)c3ccc[nH]3)CC2)cc1F. The maximum atomic E-state index is 13.8. The van der Waals surface area contributed by atoms with Gasteiger partial charge in [0.25, 0.3) is 11.8 Å². The third kappa shape index (κ3) is 3.65. The molecule has 1 aliphatic rings. The number of H-pyrrole nitrogens is 1. The summed E-state index contributed by atoms with van der Waals surface area (Å²) in [6, 6.07) is 7.70. The molecular formula is C18H20FN3O3. The normalized spacial score (nSPS) is 15.0. The molecule has 0 aliphatic carbocycles. The molecule has 0 saturated carbocycles. The topological polar surface area (TPSA) is 65.6 Å². The highest BCUT2D eigenvalue weighted by Gasteiger charge is 2.24. The van der Waals surface area contributed by atoms with Crippen molar-refractivity contribution in [3.05, 3.63) is 53.6 Å². The summed E-state index contributed by atoms with van der Waals surface area (Å²) in [5, 5.41) is 0. The van der Waals surface area contributed by atoms with Gasteiger partial charge < -0.3 is 19.5 Å². The predicted molar refractivity (Wildman–Crippen MR) is 90.2 cm³/mol. The fraction of sp³-hybridized carbons (Fsp3) is 0.333. The van der Waals surface area contributed by atoms with Gasteiger partial charge >= 0.3 is 0 Å². The van der Waals surface area contributed by atoms with E-state index in [1.807, 2.05) is 0 Å². The standard InChI is InChI=1S/C18H20FN3O3/c1-25-16-6-5-13(12-14(16)19)17(23)21-8-3-9-22(11-10-21)18(24)15-4-2-7-20-15/h2,4-7,12,20H,3,8-11H2,1H3. The van der Waals surface area contributed by atoms with Gasteiger partial charge in [0.05, 0.1) is 7.11 Å². The Hall–Kier alpha value is -2.83. The Kier molecular flexibility index (Phi) is 5.02. The molecule has 2 amide bonds. The Balaban J connectivity index is 1.67. The summed E-state index contributed by atoms with van der Waals surface area (Å²) in [6.45, 7) is 1.97. The quantitative estimate of drug-likeness (QED) is 0.927. The molecule has 6 nitrogen and oxygen atoms in total. The van der Waals surface area contributed by atoms with Crippen LogP contribution in [0.3, 0.4) is 0 Å². The van der Waals surface area contributed by atoms with Crippen molar-refractivity contribution in [1.29, 1.82) is 0 Å². The Bertz CT molecular complexity index is 761. The Labute approximate surface area is 145 Å². The van der Waals surface area contributed by atoms with Crippen LogP contribution in [0.15, 0.2) is 36.5 Å². The second-order valence-electron chi connectivity index (χ2n) is 5.87. The van der Waals surface area contributed by atoms with E-state index in [1.54, 1.807) is 34.2 Å². The van der Waals surface area contributed by atoms with Gasteiger partial charge in [-0.05, 0) is 36.8 Å². The van der Waals surface area contributed by atoms with Gasteiger partial charge in [0.15, 0.2) is 11.6 Å². The number of amides is 2. The van der Waals surface area contributed by atoms with Crippen molar-refractivity contribution >= 4 is 11.8 Å². The van der Waals surface area contributed by atoms with E-state index in [4.69, 9.17) is 4.74 Å². The van der Waals surface area contributed by atoms with Gasteiger partial charge in [0.1, 0.15) is 5.69 Å². The number of carbonyl (C=O) groups excluding carboxylic acids is 2. The first-order chi connectivity index (χ1) is 12.1. The molecular weight excluding hydrogens is 325 g/mol. The van der Waals surface area contributed by atoms with E-state index in [0.717, 1.165) is 0 Å². The van der Waals surface area contributed by atoms with Crippen LogP contribution in [-0.4, -0.2) is 59.9 Å². The van der Waals surface area contributed by atoms with Gasteiger partial charge in [-0.25, -0.2) is 4.39 Å². The third-order valence-corrected chi connectivity index (χ3v) is 4.30. The van der Waals surface area contributed by atoms with Crippen molar-refractivity contribution in [2.45, 2.75) is 6.42 Å². The number of methoxy groups -OCH3 is 1. The summed E-state index contributed by atoms with van der Waals surface area (Å²) in [6.07, 6.45) is 2.38. The number of nitrogens with zero attached hydrogens (tertiary/aromatic N) is 2. The van der Waals surface area contributed by atoms with Crippen molar-refractivity contribution in [3.8, 4) is 5.75 Å². The molecule has 1 aliphatic heterocycles. The number of hydrogen-bond acceptors (Lipinski definition) is 3. The van der Waals surface area contributed by atoms with Crippen LogP contribution in [0.4, 0.5) is 4.39 Å². The van der Waals surface area contributed by atoms with Crippen LogP contribution in [0.2, 0.25) is 0 Å². The predicted octanol–water partition coefficient (Wildman–Crippen LogP) is 2.15. The van der Waals surface area contributed by atoms with Crippen molar-refractivity contribution in [2.24, 2.45) is 0 Å². The van der Waals surface area contributed by atoms with Crippen LogP contribution in [0.5, 0.6) is 5.75 Å². The zero-order chi connectivity index (χ0) is 17.8. The second-order valence-corrected chi connectivity index (χ2v) is 5.87. The molecule has 1 N–H and O–H groups in total. The van der Waals surface area contributed by atoms with Crippen LogP contribution in [0, 0.1) is 5.82 Å². The number of rotatable bonds is 3. The molecule has 1 aromatic carbocycles. The minimum atomic E-state index is -0.563. The van der Waals surface area contributed by atoms with Crippen LogP contribution in [-0.2, 0) is 0 Å². The van der Waals surface area contributed by atoms with Gasteiger partial charge in [-0.2, -0.15) is 0 Å². The molecule has 0 spiro atoms. The van der Waals surface area contributed by atoms with Gasteiger partial charge in [-0.3, -0.25) is 9.59 Å².